The van der Waals surface area contributed by atoms with Crippen LogP contribution in [0.15, 0.2) is 24.5 Å². The summed E-state index contributed by atoms with van der Waals surface area (Å²) in [6, 6.07) is 1.26. The van der Waals surface area contributed by atoms with Gasteiger partial charge < -0.3 is 35.8 Å². The van der Waals surface area contributed by atoms with Crippen molar-refractivity contribution in [1.29, 1.82) is 0 Å². The van der Waals surface area contributed by atoms with Crippen LogP contribution in [0.1, 0.15) is 33.3 Å². The summed E-state index contributed by atoms with van der Waals surface area (Å²) in [5, 5.41) is 13.5. The van der Waals surface area contributed by atoms with Gasteiger partial charge >= 0.3 is 6.09 Å². The number of carboxylic acid groups (broad SMARTS) is 1. The lowest BCUT2D eigenvalue weighted by atomic mass is 10.0. The summed E-state index contributed by atoms with van der Waals surface area (Å²) < 4.78 is 11.2. The van der Waals surface area contributed by atoms with Crippen molar-refractivity contribution in [1.82, 2.24) is 20.5 Å². The lowest BCUT2D eigenvalue weighted by molar-refractivity contribution is -0.163. The van der Waals surface area contributed by atoms with Crippen molar-refractivity contribution in [2.24, 2.45) is 5.73 Å². The van der Waals surface area contributed by atoms with Gasteiger partial charge in [-0.2, -0.15) is 0 Å². The van der Waals surface area contributed by atoms with Crippen LogP contribution in [0.2, 0.25) is 0 Å². The molecule has 0 aromatic carbocycles. The molecule has 32 heavy (non-hydrogen) atoms. The molecule has 5 N–H and O–H groups in total. The Bertz CT molecular complexity index is 712. The molecule has 11 heteroatoms. The molecule has 0 aliphatic carbocycles. The first kappa shape index (κ1) is 27.3. The number of nitrogens with two attached hydrogens (primary N) is 1. The standard InChI is InChI=1S/C21H35N5O6/c1-5-31-18(32-6-2)13-26(14(3)4)20(28)17(10-15-8-7-9-23-11-15)25-19(27)16(22)12-24-21(29)30/h7-9,11,14,16-18,24H,5-6,10,12-13,22H2,1-4H3,(H,25,27)(H,29,30). The minimum absolute atomic E-state index is 0.185. The molecule has 1 aromatic heterocycles. The number of rotatable bonds is 14. The highest BCUT2D eigenvalue weighted by molar-refractivity contribution is 5.90. The third-order valence-electron chi connectivity index (χ3n) is 4.54. The van der Waals surface area contributed by atoms with Crippen molar-refractivity contribution in [3.8, 4) is 0 Å². The third-order valence-corrected chi connectivity index (χ3v) is 4.54. The van der Waals surface area contributed by atoms with Crippen LogP contribution in [-0.2, 0) is 25.5 Å². The van der Waals surface area contributed by atoms with E-state index in [0.717, 1.165) is 5.56 Å². The average Bonchev–Trinajstić information content (AvgIpc) is 2.75. The van der Waals surface area contributed by atoms with E-state index in [4.69, 9.17) is 20.3 Å². The van der Waals surface area contributed by atoms with Crippen LogP contribution in [-0.4, -0.2) is 83.6 Å². The predicted molar refractivity (Wildman–Crippen MR) is 118 cm³/mol. The number of carbonyl (C=O) groups is 3. The van der Waals surface area contributed by atoms with E-state index in [9.17, 15) is 14.4 Å². The van der Waals surface area contributed by atoms with Crippen molar-refractivity contribution in [3.63, 3.8) is 0 Å². The zero-order chi connectivity index (χ0) is 24.1. The highest BCUT2D eigenvalue weighted by Gasteiger charge is 2.31. The van der Waals surface area contributed by atoms with E-state index >= 15 is 0 Å². The highest BCUT2D eigenvalue weighted by Crippen LogP contribution is 2.11. The lowest BCUT2D eigenvalue weighted by Crippen LogP contribution is -2.57. The number of hydrogen-bond donors (Lipinski definition) is 4. The molecule has 0 saturated heterocycles. The Balaban J connectivity index is 3.06. The van der Waals surface area contributed by atoms with E-state index in [0.29, 0.717) is 13.2 Å². The lowest BCUT2D eigenvalue weighted by Gasteiger charge is -2.34. The Morgan fingerprint density at radius 1 is 1.22 bits per heavy atom. The van der Waals surface area contributed by atoms with E-state index < -0.39 is 30.4 Å². The highest BCUT2D eigenvalue weighted by atomic mass is 16.7. The van der Waals surface area contributed by atoms with E-state index in [1.54, 1.807) is 29.4 Å². The molecule has 180 valence electrons. The summed E-state index contributed by atoms with van der Waals surface area (Å²) >= 11 is 0. The number of nitrogens with one attached hydrogen (secondary N) is 2. The summed E-state index contributed by atoms with van der Waals surface area (Å²) in [5.74, 6) is -0.976. The zero-order valence-electron chi connectivity index (χ0n) is 19.1. The van der Waals surface area contributed by atoms with Crippen molar-refractivity contribution in [2.75, 3.05) is 26.3 Å². The Hall–Kier alpha value is -2.76. The smallest absolute Gasteiger partial charge is 0.404 e. The summed E-state index contributed by atoms with van der Waals surface area (Å²) in [7, 11) is 0. The Morgan fingerprint density at radius 3 is 2.38 bits per heavy atom. The minimum atomic E-state index is -1.29. The Labute approximate surface area is 188 Å². The second-order valence-electron chi connectivity index (χ2n) is 7.34. The van der Waals surface area contributed by atoms with Gasteiger partial charge in [0.1, 0.15) is 12.1 Å². The van der Waals surface area contributed by atoms with Gasteiger partial charge in [-0.25, -0.2) is 4.79 Å². The molecule has 0 aliphatic heterocycles. The van der Waals surface area contributed by atoms with Crippen LogP contribution in [0.4, 0.5) is 4.79 Å². The first-order valence-electron chi connectivity index (χ1n) is 10.6. The number of pyridine rings is 1. The van der Waals surface area contributed by atoms with Crippen LogP contribution >= 0.6 is 0 Å². The molecule has 1 aromatic rings. The Morgan fingerprint density at radius 2 is 1.88 bits per heavy atom. The monoisotopic (exact) mass is 453 g/mol. The maximum absolute atomic E-state index is 13.5. The number of carbonyl (C=O) groups excluding carboxylic acids is 2. The van der Waals surface area contributed by atoms with Crippen LogP contribution in [0.5, 0.6) is 0 Å². The van der Waals surface area contributed by atoms with Gasteiger partial charge in [-0.1, -0.05) is 6.07 Å². The molecule has 3 amide bonds. The second kappa shape index (κ2) is 14.3. The average molecular weight is 454 g/mol. The largest absolute Gasteiger partial charge is 0.465 e. The molecule has 1 rings (SSSR count). The molecule has 11 nitrogen and oxygen atoms in total. The van der Waals surface area contributed by atoms with Gasteiger partial charge in [-0.15, -0.1) is 0 Å². The van der Waals surface area contributed by atoms with Crippen LogP contribution in [0, 0.1) is 0 Å². The van der Waals surface area contributed by atoms with E-state index in [2.05, 4.69) is 15.6 Å². The fourth-order valence-corrected chi connectivity index (χ4v) is 2.96. The molecule has 0 spiro atoms. The van der Waals surface area contributed by atoms with Crippen molar-refractivity contribution in [2.45, 2.75) is 58.5 Å². The van der Waals surface area contributed by atoms with E-state index in [-0.39, 0.29) is 31.5 Å². The molecule has 0 fully saturated rings. The minimum Gasteiger partial charge on any atom is -0.465 e. The quantitative estimate of drug-likeness (QED) is 0.294. The van der Waals surface area contributed by atoms with Crippen LogP contribution in [0.25, 0.3) is 0 Å². The maximum Gasteiger partial charge on any atom is 0.404 e. The van der Waals surface area contributed by atoms with Gasteiger partial charge in [0.2, 0.25) is 11.8 Å². The molecule has 0 bridgehead atoms. The van der Waals surface area contributed by atoms with E-state index in [1.165, 1.54) is 0 Å². The number of amides is 3. The molecule has 2 unspecified atom stereocenters. The van der Waals surface area contributed by atoms with E-state index in [1.807, 2.05) is 27.7 Å². The summed E-state index contributed by atoms with van der Waals surface area (Å²) in [5.41, 5.74) is 6.54. The molecule has 0 aliphatic rings. The van der Waals surface area contributed by atoms with Crippen molar-refractivity contribution in [3.05, 3.63) is 30.1 Å². The number of ether oxygens (including phenoxy) is 2. The van der Waals surface area contributed by atoms with Gasteiger partial charge in [-0.3, -0.25) is 14.6 Å². The van der Waals surface area contributed by atoms with Crippen molar-refractivity contribution < 1.29 is 29.0 Å². The zero-order valence-corrected chi connectivity index (χ0v) is 19.1. The first-order chi connectivity index (χ1) is 15.2. The molecule has 0 saturated carbocycles. The normalized spacial score (nSPS) is 13.0. The van der Waals surface area contributed by atoms with Gasteiger partial charge in [0.25, 0.3) is 0 Å². The second-order valence-corrected chi connectivity index (χ2v) is 7.34. The Kier molecular flexibility index (Phi) is 12.2. The van der Waals surface area contributed by atoms with Gasteiger partial charge in [-0.05, 0) is 39.3 Å². The van der Waals surface area contributed by atoms with Crippen LogP contribution in [0.3, 0.4) is 0 Å². The fraction of sp³-hybridized carbons (Fsp3) is 0.619. The number of aromatic nitrogens is 1. The first-order valence-corrected chi connectivity index (χ1v) is 10.6. The summed E-state index contributed by atoms with van der Waals surface area (Å²) in [4.78, 5) is 42.4. The van der Waals surface area contributed by atoms with Crippen LogP contribution < -0.4 is 16.4 Å². The predicted octanol–water partition coefficient (Wildman–Crippen LogP) is 0.340. The molecular weight excluding hydrogens is 418 g/mol. The fourth-order valence-electron chi connectivity index (χ4n) is 2.96. The molecule has 0 radical (unpaired) electrons. The summed E-state index contributed by atoms with van der Waals surface area (Å²) in [6.07, 6.45) is 1.52. The van der Waals surface area contributed by atoms with Gasteiger partial charge in [0, 0.05) is 44.6 Å². The number of nitrogens with zero attached hydrogens (tertiary/aromatic N) is 2. The molecule has 1 heterocycles. The maximum atomic E-state index is 13.5. The van der Waals surface area contributed by atoms with Gasteiger partial charge in [0.15, 0.2) is 6.29 Å². The molecular formula is C21H35N5O6. The SMILES string of the molecule is CCOC(CN(C(=O)C(Cc1cccnc1)NC(=O)C(N)CNC(=O)O)C(C)C)OCC. The van der Waals surface area contributed by atoms with Crippen molar-refractivity contribution >= 4 is 17.9 Å². The summed E-state index contributed by atoms with van der Waals surface area (Å²) in [6.45, 7) is 8.15. The van der Waals surface area contributed by atoms with Gasteiger partial charge in [0.05, 0.1) is 6.54 Å². The molecule has 2 atom stereocenters. The topological polar surface area (TPSA) is 156 Å². The third kappa shape index (κ3) is 9.58. The number of hydrogen-bond acceptors (Lipinski definition) is 7.